The Bertz CT molecular complexity index is 620. The quantitative estimate of drug-likeness (QED) is 0.627. The van der Waals surface area contributed by atoms with E-state index in [9.17, 15) is 15.2 Å². The van der Waals surface area contributed by atoms with Gasteiger partial charge in [-0.2, -0.15) is 0 Å². The number of hydrogen-bond acceptors (Lipinski definition) is 5. The first-order valence-corrected chi connectivity index (χ1v) is 7.92. The zero-order valence-electron chi connectivity index (χ0n) is 12.7. The average Bonchev–Trinajstić information content (AvgIpc) is 2.86. The summed E-state index contributed by atoms with van der Waals surface area (Å²) in [6.45, 7) is 5.28. The Hall–Kier alpha value is -1.76. The van der Waals surface area contributed by atoms with Crippen molar-refractivity contribution in [2.45, 2.75) is 32.5 Å². The van der Waals surface area contributed by atoms with E-state index < -0.39 is 5.60 Å². The highest BCUT2D eigenvalue weighted by atomic mass is 32.1. The predicted octanol–water partition coefficient (Wildman–Crippen LogP) is 3.43. The lowest BCUT2D eigenvalue weighted by atomic mass is 10.1. The molecule has 0 bridgehead atoms. The largest absolute Gasteiger partial charge is 0.389 e. The Balaban J connectivity index is 2.11. The van der Waals surface area contributed by atoms with E-state index in [4.69, 9.17) is 0 Å². The van der Waals surface area contributed by atoms with Crippen LogP contribution in [0.5, 0.6) is 0 Å². The van der Waals surface area contributed by atoms with Crippen molar-refractivity contribution >= 4 is 16.3 Å². The van der Waals surface area contributed by atoms with Gasteiger partial charge < -0.3 is 5.11 Å². The van der Waals surface area contributed by atoms with E-state index in [0.29, 0.717) is 19.6 Å². The van der Waals surface area contributed by atoms with Crippen LogP contribution in [0.2, 0.25) is 0 Å². The maximum absolute atomic E-state index is 10.8. The van der Waals surface area contributed by atoms with E-state index >= 15 is 0 Å². The van der Waals surface area contributed by atoms with Gasteiger partial charge in [0.1, 0.15) is 0 Å². The minimum atomic E-state index is -0.823. The molecule has 0 saturated carbocycles. The summed E-state index contributed by atoms with van der Waals surface area (Å²) in [5.41, 5.74) is 1.23. The van der Waals surface area contributed by atoms with Crippen molar-refractivity contribution < 1.29 is 10.0 Å². The van der Waals surface area contributed by atoms with Crippen molar-refractivity contribution in [1.82, 2.24) is 4.90 Å². The molecule has 0 unspecified atom stereocenters. The first-order valence-electron chi connectivity index (χ1n) is 7.04. The second kappa shape index (κ2) is 7.00. The lowest BCUT2D eigenvalue weighted by Gasteiger charge is -2.28. The Kier molecular flexibility index (Phi) is 5.28. The van der Waals surface area contributed by atoms with Gasteiger partial charge in [0.2, 0.25) is 0 Å². The van der Waals surface area contributed by atoms with Crippen LogP contribution in [0, 0.1) is 10.1 Å². The molecule has 22 heavy (non-hydrogen) atoms. The summed E-state index contributed by atoms with van der Waals surface area (Å²) in [6.07, 6.45) is 0. The van der Waals surface area contributed by atoms with Gasteiger partial charge in [0, 0.05) is 31.1 Å². The number of aliphatic hydroxyl groups is 1. The molecule has 0 atom stereocenters. The van der Waals surface area contributed by atoms with E-state index in [2.05, 4.69) is 4.90 Å². The Morgan fingerprint density at radius 1 is 1.23 bits per heavy atom. The van der Waals surface area contributed by atoms with Gasteiger partial charge in [-0.25, -0.2) is 0 Å². The van der Waals surface area contributed by atoms with E-state index in [-0.39, 0.29) is 9.92 Å². The zero-order valence-corrected chi connectivity index (χ0v) is 13.5. The maximum atomic E-state index is 10.8. The first-order chi connectivity index (χ1) is 10.3. The van der Waals surface area contributed by atoms with Gasteiger partial charge in [0.25, 0.3) is 0 Å². The van der Waals surface area contributed by atoms with Crippen molar-refractivity contribution in [2.75, 3.05) is 6.54 Å². The van der Waals surface area contributed by atoms with Crippen molar-refractivity contribution in [3.8, 4) is 0 Å². The highest BCUT2D eigenvalue weighted by molar-refractivity contribution is 7.13. The number of nitro groups is 1. The van der Waals surface area contributed by atoms with Crippen LogP contribution in [0.3, 0.4) is 0 Å². The van der Waals surface area contributed by atoms with Gasteiger partial charge >= 0.3 is 5.00 Å². The van der Waals surface area contributed by atoms with E-state index in [1.807, 2.05) is 30.3 Å². The summed E-state index contributed by atoms with van der Waals surface area (Å²) in [5.74, 6) is 0. The lowest BCUT2D eigenvalue weighted by molar-refractivity contribution is -0.380. The Morgan fingerprint density at radius 2 is 1.86 bits per heavy atom. The lowest BCUT2D eigenvalue weighted by Crippen LogP contribution is -2.37. The fraction of sp³-hybridized carbons (Fsp3) is 0.375. The molecule has 118 valence electrons. The van der Waals surface area contributed by atoms with Crippen LogP contribution in [-0.4, -0.2) is 27.1 Å². The average molecular weight is 320 g/mol. The van der Waals surface area contributed by atoms with Gasteiger partial charge in [0.15, 0.2) is 0 Å². The second-order valence-corrected chi connectivity index (χ2v) is 6.88. The molecule has 2 rings (SSSR count). The fourth-order valence-electron chi connectivity index (χ4n) is 2.36. The van der Waals surface area contributed by atoms with Gasteiger partial charge in [-0.1, -0.05) is 41.7 Å². The molecule has 0 aliphatic rings. The van der Waals surface area contributed by atoms with Crippen LogP contribution < -0.4 is 0 Å². The highest BCUT2D eigenvalue weighted by Gasteiger charge is 2.20. The van der Waals surface area contributed by atoms with E-state index in [1.165, 1.54) is 0 Å². The number of hydrogen-bond donors (Lipinski definition) is 1. The highest BCUT2D eigenvalue weighted by Crippen LogP contribution is 2.24. The molecule has 1 heterocycles. The fourth-order valence-corrected chi connectivity index (χ4v) is 3.08. The summed E-state index contributed by atoms with van der Waals surface area (Å²) >= 11 is 1.14. The van der Waals surface area contributed by atoms with Crippen molar-refractivity contribution in [1.29, 1.82) is 0 Å². The molecular formula is C16H20N2O3S. The van der Waals surface area contributed by atoms with Crippen molar-refractivity contribution in [3.05, 3.63) is 63.0 Å². The van der Waals surface area contributed by atoms with Crippen LogP contribution in [0.25, 0.3) is 0 Å². The maximum Gasteiger partial charge on any atom is 0.324 e. The van der Waals surface area contributed by atoms with Gasteiger partial charge in [-0.05, 0) is 25.0 Å². The van der Waals surface area contributed by atoms with Gasteiger partial charge in [-0.15, -0.1) is 0 Å². The summed E-state index contributed by atoms with van der Waals surface area (Å²) in [4.78, 5) is 12.5. The number of rotatable bonds is 7. The topological polar surface area (TPSA) is 66.6 Å². The van der Waals surface area contributed by atoms with Crippen molar-refractivity contribution in [2.24, 2.45) is 0 Å². The number of thiophene rings is 1. The zero-order chi connectivity index (χ0) is 16.2. The van der Waals surface area contributed by atoms with E-state index in [0.717, 1.165) is 22.5 Å². The molecule has 2 aromatic rings. The van der Waals surface area contributed by atoms with Crippen LogP contribution in [-0.2, 0) is 13.1 Å². The van der Waals surface area contributed by atoms with Gasteiger partial charge in [0.05, 0.1) is 10.5 Å². The van der Waals surface area contributed by atoms with Crippen LogP contribution >= 0.6 is 11.3 Å². The normalized spacial score (nSPS) is 11.8. The third-order valence-corrected chi connectivity index (χ3v) is 4.01. The van der Waals surface area contributed by atoms with Crippen molar-refractivity contribution in [3.63, 3.8) is 0 Å². The Morgan fingerprint density at radius 3 is 2.41 bits per heavy atom. The number of benzene rings is 1. The molecule has 0 amide bonds. The van der Waals surface area contributed by atoms with E-state index in [1.54, 1.807) is 25.3 Å². The molecule has 1 aromatic carbocycles. The summed E-state index contributed by atoms with van der Waals surface area (Å²) < 4.78 is 0. The third kappa shape index (κ3) is 5.22. The van der Waals surface area contributed by atoms with Crippen LogP contribution in [0.1, 0.15) is 25.0 Å². The molecular weight excluding hydrogens is 300 g/mol. The molecule has 0 saturated heterocycles. The monoisotopic (exact) mass is 320 g/mol. The molecule has 6 heteroatoms. The van der Waals surface area contributed by atoms with Gasteiger partial charge in [-0.3, -0.25) is 15.0 Å². The second-order valence-electron chi connectivity index (χ2n) is 5.99. The Labute approximate surface area is 134 Å². The summed E-state index contributed by atoms with van der Waals surface area (Å²) in [7, 11) is 0. The number of nitrogens with zero attached hydrogens (tertiary/aromatic N) is 2. The summed E-state index contributed by atoms with van der Waals surface area (Å²) in [6, 6.07) is 11.6. The standard InChI is InChI=1S/C16H20N2O3S/c1-16(2,19)12-17(9-13-6-4-3-5-7-13)10-14-8-15(18(20)21)22-11-14/h3-8,11,19H,9-10,12H2,1-2H3. The molecule has 1 aromatic heterocycles. The molecule has 0 spiro atoms. The first kappa shape index (κ1) is 16.6. The summed E-state index contributed by atoms with van der Waals surface area (Å²) in [5, 5.41) is 22.8. The molecule has 5 nitrogen and oxygen atoms in total. The van der Waals surface area contributed by atoms with Crippen LogP contribution in [0.4, 0.5) is 5.00 Å². The minimum absolute atomic E-state index is 0.151. The smallest absolute Gasteiger partial charge is 0.324 e. The molecule has 0 aliphatic heterocycles. The SMILES string of the molecule is CC(C)(O)CN(Cc1ccccc1)Cc1csc([N+](=O)[O-])c1. The van der Waals surface area contributed by atoms with Crippen LogP contribution in [0.15, 0.2) is 41.8 Å². The molecule has 1 N–H and O–H groups in total. The predicted molar refractivity (Wildman–Crippen MR) is 87.8 cm³/mol. The minimum Gasteiger partial charge on any atom is -0.389 e. The molecule has 0 fully saturated rings. The molecule has 0 aliphatic carbocycles. The molecule has 0 radical (unpaired) electrons. The third-order valence-electron chi connectivity index (χ3n) is 3.09.